The van der Waals surface area contributed by atoms with E-state index in [4.69, 9.17) is 10.5 Å². The largest absolute Gasteiger partial charge is 0.462 e. The van der Waals surface area contributed by atoms with Gasteiger partial charge in [-0.1, -0.05) is 18.2 Å². The van der Waals surface area contributed by atoms with Crippen LogP contribution >= 0.6 is 0 Å². The minimum atomic E-state index is -0.449. The van der Waals surface area contributed by atoms with Crippen LogP contribution in [-0.4, -0.2) is 46.9 Å². The van der Waals surface area contributed by atoms with Crippen LogP contribution in [0.15, 0.2) is 24.3 Å². The van der Waals surface area contributed by atoms with Gasteiger partial charge in [0, 0.05) is 17.9 Å². The molecule has 0 aliphatic carbocycles. The molecule has 160 valence electrons. The molecule has 0 radical (unpaired) electrons. The Balaban J connectivity index is 1.81. The van der Waals surface area contributed by atoms with Gasteiger partial charge < -0.3 is 20.8 Å². The summed E-state index contributed by atoms with van der Waals surface area (Å²) in [5, 5.41) is 2.93. The highest BCUT2D eigenvalue weighted by Crippen LogP contribution is 2.25. The first-order valence-corrected chi connectivity index (χ1v) is 10.1. The van der Waals surface area contributed by atoms with Gasteiger partial charge >= 0.3 is 5.97 Å². The zero-order valence-corrected chi connectivity index (χ0v) is 17.6. The van der Waals surface area contributed by atoms with Crippen LogP contribution in [0.5, 0.6) is 0 Å². The number of ether oxygens (including phenoxy) is 1. The fraction of sp³-hybridized carbons (Fsp3) is 0.409. The van der Waals surface area contributed by atoms with Crippen LogP contribution in [0.3, 0.4) is 0 Å². The van der Waals surface area contributed by atoms with Gasteiger partial charge in [-0.2, -0.15) is 0 Å². The van der Waals surface area contributed by atoms with Crippen LogP contribution in [0.2, 0.25) is 0 Å². The second-order valence-corrected chi connectivity index (χ2v) is 7.49. The van der Waals surface area contributed by atoms with Crippen LogP contribution < -0.4 is 11.1 Å². The molecule has 3 rings (SSSR count). The SMILES string of the molecule is CCOC(=O)c1c(C)[nH]c(C(=O)Nc2ccccc2CN2CCCC2C(N)=O)c1C. The summed E-state index contributed by atoms with van der Waals surface area (Å²) in [6.45, 7) is 6.76. The Morgan fingerprint density at radius 3 is 2.70 bits per heavy atom. The van der Waals surface area contributed by atoms with Gasteiger partial charge in [-0.15, -0.1) is 0 Å². The summed E-state index contributed by atoms with van der Waals surface area (Å²) in [6, 6.07) is 7.19. The van der Waals surface area contributed by atoms with Crippen molar-refractivity contribution < 1.29 is 19.1 Å². The number of H-pyrrole nitrogens is 1. The van der Waals surface area contributed by atoms with E-state index in [0.29, 0.717) is 34.7 Å². The van der Waals surface area contributed by atoms with E-state index in [0.717, 1.165) is 24.9 Å². The summed E-state index contributed by atoms with van der Waals surface area (Å²) >= 11 is 0. The van der Waals surface area contributed by atoms with Crippen molar-refractivity contribution in [2.75, 3.05) is 18.5 Å². The van der Waals surface area contributed by atoms with Crippen molar-refractivity contribution in [1.29, 1.82) is 0 Å². The molecule has 4 N–H and O–H groups in total. The van der Waals surface area contributed by atoms with Gasteiger partial charge in [0.2, 0.25) is 5.91 Å². The third-order valence-corrected chi connectivity index (χ3v) is 5.48. The molecule has 1 aliphatic rings. The average Bonchev–Trinajstić information content (AvgIpc) is 3.27. The van der Waals surface area contributed by atoms with Gasteiger partial charge in [0.1, 0.15) is 5.69 Å². The van der Waals surface area contributed by atoms with E-state index in [1.165, 1.54) is 0 Å². The smallest absolute Gasteiger partial charge is 0.340 e. The molecule has 0 saturated carbocycles. The third kappa shape index (κ3) is 4.38. The molecule has 0 bridgehead atoms. The number of hydrogen-bond acceptors (Lipinski definition) is 5. The predicted octanol–water partition coefficient (Wildman–Crippen LogP) is 2.51. The minimum absolute atomic E-state index is 0.264. The number of carbonyl (C=O) groups excluding carboxylic acids is 3. The molecule has 1 unspecified atom stereocenters. The lowest BCUT2D eigenvalue weighted by molar-refractivity contribution is -0.122. The predicted molar refractivity (Wildman–Crippen MR) is 113 cm³/mol. The number of nitrogens with one attached hydrogen (secondary N) is 2. The van der Waals surface area contributed by atoms with E-state index in [9.17, 15) is 14.4 Å². The first-order valence-electron chi connectivity index (χ1n) is 10.1. The Labute approximate surface area is 175 Å². The van der Waals surface area contributed by atoms with E-state index in [1.54, 1.807) is 20.8 Å². The molecule has 1 aromatic carbocycles. The van der Waals surface area contributed by atoms with Crippen LogP contribution in [-0.2, 0) is 16.1 Å². The number of nitrogens with zero attached hydrogens (tertiary/aromatic N) is 1. The van der Waals surface area contributed by atoms with Crippen molar-refractivity contribution in [3.05, 3.63) is 52.3 Å². The summed E-state index contributed by atoms with van der Waals surface area (Å²) < 4.78 is 5.09. The van der Waals surface area contributed by atoms with Crippen molar-refractivity contribution in [3.63, 3.8) is 0 Å². The van der Waals surface area contributed by atoms with E-state index < -0.39 is 5.97 Å². The summed E-state index contributed by atoms with van der Waals surface area (Å²) in [6.07, 6.45) is 1.67. The van der Waals surface area contributed by atoms with E-state index >= 15 is 0 Å². The quantitative estimate of drug-likeness (QED) is 0.604. The number of amides is 2. The molecule has 30 heavy (non-hydrogen) atoms. The number of esters is 1. The summed E-state index contributed by atoms with van der Waals surface area (Å²) in [5.74, 6) is -1.11. The lowest BCUT2D eigenvalue weighted by atomic mass is 10.1. The van der Waals surface area contributed by atoms with Gasteiger partial charge in [0.15, 0.2) is 0 Å². The number of aromatic amines is 1. The second kappa shape index (κ2) is 9.13. The molecule has 1 aromatic heterocycles. The van der Waals surface area contributed by atoms with Gasteiger partial charge in [-0.3, -0.25) is 14.5 Å². The number of aryl methyl sites for hydroxylation is 1. The topological polar surface area (TPSA) is 118 Å². The molecule has 1 aliphatic heterocycles. The number of anilines is 1. The summed E-state index contributed by atoms with van der Waals surface area (Å²) in [7, 11) is 0. The molecule has 1 saturated heterocycles. The van der Waals surface area contributed by atoms with Crippen molar-refractivity contribution >= 4 is 23.5 Å². The molecular weight excluding hydrogens is 384 g/mol. The van der Waals surface area contributed by atoms with Gasteiger partial charge in [-0.05, 0) is 57.4 Å². The molecule has 2 aromatic rings. The molecule has 0 spiro atoms. The Kier molecular flexibility index (Phi) is 6.56. The highest BCUT2D eigenvalue weighted by atomic mass is 16.5. The van der Waals surface area contributed by atoms with Crippen molar-refractivity contribution in [1.82, 2.24) is 9.88 Å². The maximum Gasteiger partial charge on any atom is 0.340 e. The van der Waals surface area contributed by atoms with Crippen LogP contribution in [0, 0.1) is 13.8 Å². The molecule has 1 fully saturated rings. The number of primary amides is 1. The maximum absolute atomic E-state index is 13.0. The normalized spacial score (nSPS) is 16.4. The second-order valence-electron chi connectivity index (χ2n) is 7.49. The number of carbonyl (C=O) groups is 3. The zero-order valence-electron chi connectivity index (χ0n) is 17.6. The van der Waals surface area contributed by atoms with E-state index in [-0.39, 0.29) is 24.5 Å². The van der Waals surface area contributed by atoms with Crippen molar-refractivity contribution in [3.8, 4) is 0 Å². The van der Waals surface area contributed by atoms with Gasteiger partial charge in [0.05, 0.1) is 18.2 Å². The van der Waals surface area contributed by atoms with Gasteiger partial charge in [-0.25, -0.2) is 4.79 Å². The third-order valence-electron chi connectivity index (χ3n) is 5.48. The van der Waals surface area contributed by atoms with Crippen molar-refractivity contribution in [2.45, 2.75) is 46.2 Å². The Morgan fingerprint density at radius 2 is 2.00 bits per heavy atom. The average molecular weight is 412 g/mol. The summed E-state index contributed by atoms with van der Waals surface area (Å²) in [4.78, 5) is 41.9. The molecule has 1 atom stereocenters. The Bertz CT molecular complexity index is 966. The Hall–Kier alpha value is -3.13. The first-order chi connectivity index (χ1) is 14.3. The zero-order chi connectivity index (χ0) is 21.8. The molecule has 8 nitrogen and oxygen atoms in total. The number of para-hydroxylation sites is 1. The Morgan fingerprint density at radius 1 is 1.27 bits per heavy atom. The van der Waals surface area contributed by atoms with Crippen molar-refractivity contribution in [2.24, 2.45) is 5.73 Å². The van der Waals surface area contributed by atoms with E-state index in [1.807, 2.05) is 29.2 Å². The van der Waals surface area contributed by atoms with Crippen LogP contribution in [0.4, 0.5) is 5.69 Å². The standard InChI is InChI=1S/C22H28N4O4/c1-4-30-22(29)18-13(2)19(24-14(18)3)21(28)25-16-9-6-5-8-15(16)12-26-11-7-10-17(26)20(23)27/h5-6,8-9,17,24H,4,7,10-12H2,1-3H3,(H2,23,27)(H,25,28). The van der Waals surface area contributed by atoms with Crippen LogP contribution in [0.1, 0.15) is 57.4 Å². The molecule has 8 heteroatoms. The lowest BCUT2D eigenvalue weighted by Gasteiger charge is -2.23. The minimum Gasteiger partial charge on any atom is -0.462 e. The monoisotopic (exact) mass is 412 g/mol. The first kappa shape index (κ1) is 21.6. The number of aromatic nitrogens is 1. The number of nitrogens with two attached hydrogens (primary N) is 1. The maximum atomic E-state index is 13.0. The van der Waals surface area contributed by atoms with E-state index in [2.05, 4.69) is 10.3 Å². The fourth-order valence-corrected chi connectivity index (χ4v) is 4.01. The number of benzene rings is 1. The van der Waals surface area contributed by atoms with Crippen LogP contribution in [0.25, 0.3) is 0 Å². The number of rotatable bonds is 7. The lowest BCUT2D eigenvalue weighted by Crippen LogP contribution is -2.39. The highest BCUT2D eigenvalue weighted by molar-refractivity contribution is 6.07. The number of hydrogen-bond donors (Lipinski definition) is 3. The fourth-order valence-electron chi connectivity index (χ4n) is 4.01. The highest BCUT2D eigenvalue weighted by Gasteiger charge is 2.29. The van der Waals surface area contributed by atoms with Gasteiger partial charge in [0.25, 0.3) is 5.91 Å². The molecule has 2 amide bonds. The summed E-state index contributed by atoms with van der Waals surface area (Å²) in [5.41, 5.74) is 8.92. The number of likely N-dealkylation sites (tertiary alicyclic amines) is 1. The molecule has 2 heterocycles. The molecular formula is C22H28N4O4.